The van der Waals surface area contributed by atoms with Crippen LogP contribution in [0.2, 0.25) is 0 Å². The lowest BCUT2D eigenvalue weighted by molar-refractivity contribution is 0.548. The number of aromatic nitrogens is 2. The number of nitrogens with zero attached hydrogens (tertiary/aromatic N) is 2. The molecule has 0 spiro atoms. The fourth-order valence-corrected chi connectivity index (χ4v) is 2.54. The largest absolute Gasteiger partial charge is 0.144 e. The van der Waals surface area contributed by atoms with E-state index in [-0.39, 0.29) is 0 Å². The van der Waals surface area contributed by atoms with Gasteiger partial charge in [-0.1, -0.05) is 33.1 Å². The summed E-state index contributed by atoms with van der Waals surface area (Å²) >= 11 is 1.76. The van der Waals surface area contributed by atoms with Crippen molar-refractivity contribution in [2.75, 3.05) is 0 Å². The van der Waals surface area contributed by atoms with Gasteiger partial charge in [-0.25, -0.2) is 0 Å². The Kier molecular flexibility index (Phi) is 5.09. The number of hydrogen-bond donors (Lipinski definition) is 0. The third-order valence-electron chi connectivity index (χ3n) is 2.54. The molecule has 80 valence electrons. The molecule has 0 aliphatic carbocycles. The summed E-state index contributed by atoms with van der Waals surface area (Å²) in [5.41, 5.74) is 0. The fraction of sp³-hybridized carbons (Fsp3) is 0.818. The summed E-state index contributed by atoms with van der Waals surface area (Å²) in [6.07, 6.45) is 6.44. The average Bonchev–Trinajstić information content (AvgIpc) is 2.60. The Bertz CT molecular complexity index is 258. The smallest absolute Gasteiger partial charge is 0.120 e. The number of rotatable bonds is 6. The van der Waals surface area contributed by atoms with Gasteiger partial charge < -0.3 is 0 Å². The van der Waals surface area contributed by atoms with Crippen molar-refractivity contribution in [2.45, 2.75) is 58.8 Å². The van der Waals surface area contributed by atoms with Crippen LogP contribution in [-0.4, -0.2) is 10.2 Å². The summed E-state index contributed by atoms with van der Waals surface area (Å²) in [6, 6.07) is 0. The van der Waals surface area contributed by atoms with Gasteiger partial charge in [-0.15, -0.1) is 21.5 Å². The molecule has 14 heavy (non-hydrogen) atoms. The monoisotopic (exact) mass is 212 g/mol. The lowest BCUT2D eigenvalue weighted by atomic mass is 9.99. The minimum Gasteiger partial charge on any atom is -0.144 e. The van der Waals surface area contributed by atoms with E-state index in [1.807, 2.05) is 6.92 Å². The van der Waals surface area contributed by atoms with Gasteiger partial charge in [-0.05, 0) is 19.8 Å². The molecule has 0 aliphatic heterocycles. The van der Waals surface area contributed by atoms with E-state index in [0.717, 1.165) is 5.01 Å². The van der Waals surface area contributed by atoms with Crippen LogP contribution >= 0.6 is 11.3 Å². The maximum Gasteiger partial charge on any atom is 0.120 e. The predicted molar refractivity (Wildman–Crippen MR) is 61.8 cm³/mol. The summed E-state index contributed by atoms with van der Waals surface area (Å²) in [5.74, 6) is 0.646. The molecule has 1 unspecified atom stereocenters. The second kappa shape index (κ2) is 6.12. The van der Waals surface area contributed by atoms with Gasteiger partial charge in [0.15, 0.2) is 0 Å². The third kappa shape index (κ3) is 3.37. The van der Waals surface area contributed by atoms with Crippen LogP contribution in [0.5, 0.6) is 0 Å². The molecule has 3 heteroatoms. The van der Waals surface area contributed by atoms with Crippen molar-refractivity contribution in [3.63, 3.8) is 0 Å². The van der Waals surface area contributed by atoms with Crippen molar-refractivity contribution in [3.05, 3.63) is 10.0 Å². The van der Waals surface area contributed by atoms with E-state index >= 15 is 0 Å². The van der Waals surface area contributed by atoms with Crippen molar-refractivity contribution in [2.24, 2.45) is 0 Å². The molecule has 0 amide bonds. The zero-order valence-corrected chi connectivity index (χ0v) is 10.2. The Morgan fingerprint density at radius 3 is 2.50 bits per heavy atom. The van der Waals surface area contributed by atoms with Crippen LogP contribution in [-0.2, 0) is 0 Å². The molecule has 0 radical (unpaired) electrons. The number of aryl methyl sites for hydroxylation is 1. The van der Waals surface area contributed by atoms with Crippen molar-refractivity contribution in [3.8, 4) is 0 Å². The first-order valence-electron chi connectivity index (χ1n) is 5.57. The van der Waals surface area contributed by atoms with Gasteiger partial charge in [-0.2, -0.15) is 0 Å². The van der Waals surface area contributed by atoms with E-state index in [0.29, 0.717) is 5.92 Å². The summed E-state index contributed by atoms with van der Waals surface area (Å²) in [5, 5.41) is 10.6. The molecular weight excluding hydrogens is 192 g/mol. The van der Waals surface area contributed by atoms with Crippen LogP contribution < -0.4 is 0 Å². The van der Waals surface area contributed by atoms with E-state index < -0.39 is 0 Å². The van der Waals surface area contributed by atoms with Gasteiger partial charge in [0.2, 0.25) is 0 Å². The van der Waals surface area contributed by atoms with Crippen LogP contribution in [0.25, 0.3) is 0 Å². The van der Waals surface area contributed by atoms with E-state index in [1.54, 1.807) is 11.3 Å². The highest BCUT2D eigenvalue weighted by molar-refractivity contribution is 7.11. The molecule has 2 nitrogen and oxygen atoms in total. The van der Waals surface area contributed by atoms with Crippen LogP contribution in [0.4, 0.5) is 0 Å². The lowest BCUT2D eigenvalue weighted by Crippen LogP contribution is -1.96. The molecular formula is C11H20N2S. The highest BCUT2D eigenvalue weighted by atomic mass is 32.1. The minimum atomic E-state index is 0.646. The zero-order chi connectivity index (χ0) is 10.4. The van der Waals surface area contributed by atoms with Crippen molar-refractivity contribution in [1.82, 2.24) is 10.2 Å². The fourth-order valence-electron chi connectivity index (χ4n) is 1.62. The molecule has 0 bridgehead atoms. The van der Waals surface area contributed by atoms with Gasteiger partial charge in [0.05, 0.1) is 0 Å². The molecule has 1 heterocycles. The van der Waals surface area contributed by atoms with E-state index in [2.05, 4.69) is 24.0 Å². The maximum atomic E-state index is 4.23. The second-order valence-electron chi connectivity index (χ2n) is 3.76. The zero-order valence-electron chi connectivity index (χ0n) is 9.42. The summed E-state index contributed by atoms with van der Waals surface area (Å²) in [4.78, 5) is 0. The Labute approximate surface area is 90.8 Å². The normalized spacial score (nSPS) is 13.1. The first-order valence-corrected chi connectivity index (χ1v) is 6.39. The Balaban J connectivity index is 2.45. The highest BCUT2D eigenvalue weighted by Gasteiger charge is 2.13. The van der Waals surface area contributed by atoms with Gasteiger partial charge in [-0.3, -0.25) is 0 Å². The highest BCUT2D eigenvalue weighted by Crippen LogP contribution is 2.27. The molecule has 1 atom stereocenters. The summed E-state index contributed by atoms with van der Waals surface area (Å²) in [6.45, 7) is 6.52. The molecule has 0 aliphatic rings. The topological polar surface area (TPSA) is 25.8 Å². The summed E-state index contributed by atoms with van der Waals surface area (Å²) in [7, 11) is 0. The average molecular weight is 212 g/mol. The first-order chi connectivity index (χ1) is 6.77. The molecule has 0 saturated carbocycles. The SMILES string of the molecule is CCCCCC(CC)c1nnc(C)s1. The molecule has 0 fully saturated rings. The van der Waals surface area contributed by atoms with Gasteiger partial charge >= 0.3 is 0 Å². The molecule has 1 aromatic heterocycles. The quantitative estimate of drug-likeness (QED) is 0.668. The van der Waals surface area contributed by atoms with Gasteiger partial charge in [0, 0.05) is 5.92 Å². The van der Waals surface area contributed by atoms with Crippen molar-refractivity contribution < 1.29 is 0 Å². The Hall–Kier alpha value is -0.440. The van der Waals surface area contributed by atoms with Crippen molar-refractivity contribution in [1.29, 1.82) is 0 Å². The van der Waals surface area contributed by atoms with E-state index in [1.165, 1.54) is 37.1 Å². The van der Waals surface area contributed by atoms with Crippen LogP contribution in [0.1, 0.15) is 61.9 Å². The van der Waals surface area contributed by atoms with Crippen LogP contribution in [0.15, 0.2) is 0 Å². The molecule has 1 aromatic rings. The van der Waals surface area contributed by atoms with Crippen LogP contribution in [0, 0.1) is 6.92 Å². The first kappa shape index (κ1) is 11.6. The molecule has 0 N–H and O–H groups in total. The van der Waals surface area contributed by atoms with Crippen molar-refractivity contribution >= 4 is 11.3 Å². The third-order valence-corrected chi connectivity index (χ3v) is 3.54. The molecule has 1 rings (SSSR count). The maximum absolute atomic E-state index is 4.23. The number of unbranched alkanes of at least 4 members (excludes halogenated alkanes) is 2. The predicted octanol–water partition coefficient (Wildman–Crippen LogP) is 3.92. The van der Waals surface area contributed by atoms with E-state index in [4.69, 9.17) is 0 Å². The number of hydrogen-bond acceptors (Lipinski definition) is 3. The van der Waals surface area contributed by atoms with Gasteiger partial charge in [0.1, 0.15) is 10.0 Å². The second-order valence-corrected chi connectivity index (χ2v) is 4.97. The Morgan fingerprint density at radius 2 is 2.00 bits per heavy atom. The molecule has 0 aromatic carbocycles. The van der Waals surface area contributed by atoms with Gasteiger partial charge in [0.25, 0.3) is 0 Å². The molecule has 0 saturated heterocycles. The minimum absolute atomic E-state index is 0.646. The summed E-state index contributed by atoms with van der Waals surface area (Å²) < 4.78 is 0. The Morgan fingerprint density at radius 1 is 1.21 bits per heavy atom. The van der Waals surface area contributed by atoms with Crippen LogP contribution in [0.3, 0.4) is 0 Å². The van der Waals surface area contributed by atoms with E-state index in [9.17, 15) is 0 Å². The standard InChI is InChI=1S/C11H20N2S/c1-4-6-7-8-10(5-2)11-13-12-9(3)14-11/h10H,4-8H2,1-3H3. The lowest BCUT2D eigenvalue weighted by Gasteiger charge is -2.09.